The maximum atomic E-state index is 9.44. The summed E-state index contributed by atoms with van der Waals surface area (Å²) in [6.45, 7) is 4.05. The Morgan fingerprint density at radius 2 is 1.95 bits per heavy atom. The van der Waals surface area contributed by atoms with Crippen LogP contribution >= 0.6 is 11.8 Å². The molecule has 2 aromatic rings. The van der Waals surface area contributed by atoms with Gasteiger partial charge in [0.2, 0.25) is 0 Å². The highest BCUT2D eigenvalue weighted by atomic mass is 32.2. The molecule has 4 nitrogen and oxygen atoms in total. The molecule has 0 bridgehead atoms. The first-order valence-electron chi connectivity index (χ1n) is 6.52. The highest BCUT2D eigenvalue weighted by molar-refractivity contribution is 7.99. The molecule has 0 aliphatic carbocycles. The van der Waals surface area contributed by atoms with Gasteiger partial charge in [0.25, 0.3) is 0 Å². The highest BCUT2D eigenvalue weighted by Crippen LogP contribution is 2.33. The van der Waals surface area contributed by atoms with E-state index in [-0.39, 0.29) is 0 Å². The smallest absolute Gasteiger partial charge is 0.142 e. The number of aromatic nitrogens is 2. The van der Waals surface area contributed by atoms with Crippen LogP contribution in [0, 0.1) is 11.3 Å². The first-order chi connectivity index (χ1) is 9.71. The fourth-order valence-corrected chi connectivity index (χ4v) is 2.91. The van der Waals surface area contributed by atoms with Crippen molar-refractivity contribution < 1.29 is 0 Å². The zero-order valence-electron chi connectivity index (χ0n) is 11.6. The molecule has 0 aliphatic heterocycles. The Morgan fingerprint density at radius 1 is 1.20 bits per heavy atom. The van der Waals surface area contributed by atoms with Crippen LogP contribution in [0.25, 0.3) is 0 Å². The first-order valence-corrected chi connectivity index (χ1v) is 7.33. The van der Waals surface area contributed by atoms with Crippen LogP contribution in [0.4, 0.5) is 5.69 Å². The monoisotopic (exact) mass is 284 g/mol. The van der Waals surface area contributed by atoms with Crippen LogP contribution in [0.1, 0.15) is 30.7 Å². The lowest BCUT2D eigenvalue weighted by atomic mass is 10.1. The molecule has 0 radical (unpaired) electrons. The van der Waals surface area contributed by atoms with E-state index >= 15 is 0 Å². The SMILES string of the molecule is CCc1nnc(Sc2ccccc2N)c(C#N)c1CC. The number of hydrogen-bond acceptors (Lipinski definition) is 5. The van der Waals surface area contributed by atoms with Crippen LogP contribution < -0.4 is 5.73 Å². The Kier molecular flexibility index (Phi) is 4.59. The van der Waals surface area contributed by atoms with Crippen molar-refractivity contribution in [3.05, 3.63) is 41.1 Å². The highest BCUT2D eigenvalue weighted by Gasteiger charge is 2.15. The molecule has 20 heavy (non-hydrogen) atoms. The van der Waals surface area contributed by atoms with E-state index < -0.39 is 0 Å². The summed E-state index contributed by atoms with van der Waals surface area (Å²) in [6, 6.07) is 9.82. The van der Waals surface area contributed by atoms with Crippen molar-refractivity contribution in [3.63, 3.8) is 0 Å². The lowest BCUT2D eigenvalue weighted by Gasteiger charge is -2.10. The predicted octanol–water partition coefficient (Wildman–Crippen LogP) is 3.21. The molecule has 0 atom stereocenters. The van der Waals surface area contributed by atoms with E-state index in [9.17, 15) is 5.26 Å². The number of hydrogen-bond donors (Lipinski definition) is 1. The van der Waals surface area contributed by atoms with Crippen molar-refractivity contribution in [2.45, 2.75) is 36.6 Å². The summed E-state index contributed by atoms with van der Waals surface area (Å²) < 4.78 is 0. The number of anilines is 1. The standard InChI is InChI=1S/C15H16N4S/c1-3-10-11(9-16)15(19-18-13(10)4-2)20-14-8-6-5-7-12(14)17/h5-8H,3-4,17H2,1-2H3. The van der Waals surface area contributed by atoms with Crippen molar-refractivity contribution in [2.24, 2.45) is 0 Å². The van der Waals surface area contributed by atoms with Gasteiger partial charge in [-0.25, -0.2) is 0 Å². The zero-order chi connectivity index (χ0) is 14.5. The Bertz CT molecular complexity index is 661. The van der Waals surface area contributed by atoms with Crippen molar-refractivity contribution in [3.8, 4) is 6.07 Å². The van der Waals surface area contributed by atoms with E-state index in [0.717, 1.165) is 29.0 Å². The third-order valence-corrected chi connectivity index (χ3v) is 4.12. The fraction of sp³-hybridized carbons (Fsp3) is 0.267. The summed E-state index contributed by atoms with van der Waals surface area (Å²) in [5.41, 5.74) is 9.12. The number of rotatable bonds is 4. The Morgan fingerprint density at radius 3 is 2.55 bits per heavy atom. The molecule has 0 amide bonds. The number of nitriles is 1. The van der Waals surface area contributed by atoms with E-state index in [0.29, 0.717) is 16.3 Å². The Labute approximate surface area is 123 Å². The number of nitrogen functional groups attached to an aromatic ring is 1. The van der Waals surface area contributed by atoms with Crippen LogP contribution in [-0.4, -0.2) is 10.2 Å². The van der Waals surface area contributed by atoms with Crippen LogP contribution in [0.3, 0.4) is 0 Å². The molecule has 5 heteroatoms. The van der Waals surface area contributed by atoms with Gasteiger partial charge in [0, 0.05) is 10.6 Å². The second-order valence-corrected chi connectivity index (χ2v) is 5.29. The summed E-state index contributed by atoms with van der Waals surface area (Å²) in [4.78, 5) is 0.893. The molecule has 2 N–H and O–H groups in total. The van der Waals surface area contributed by atoms with E-state index in [1.54, 1.807) is 0 Å². The van der Waals surface area contributed by atoms with Gasteiger partial charge >= 0.3 is 0 Å². The maximum Gasteiger partial charge on any atom is 0.142 e. The molecule has 0 fully saturated rings. The minimum Gasteiger partial charge on any atom is -0.398 e. The lowest BCUT2D eigenvalue weighted by molar-refractivity contribution is 0.818. The molecule has 0 saturated heterocycles. The number of para-hydroxylation sites is 1. The molecule has 0 spiro atoms. The first kappa shape index (κ1) is 14.4. The van der Waals surface area contributed by atoms with E-state index in [4.69, 9.17) is 5.73 Å². The molecule has 1 heterocycles. The van der Waals surface area contributed by atoms with Gasteiger partial charge in [0.1, 0.15) is 11.1 Å². The topological polar surface area (TPSA) is 75.6 Å². The van der Waals surface area contributed by atoms with Crippen LogP contribution in [0.2, 0.25) is 0 Å². The van der Waals surface area contributed by atoms with Crippen molar-refractivity contribution in [1.29, 1.82) is 5.26 Å². The van der Waals surface area contributed by atoms with Gasteiger partial charge in [0.15, 0.2) is 0 Å². The third kappa shape index (κ3) is 2.75. The average molecular weight is 284 g/mol. The summed E-state index contributed by atoms with van der Waals surface area (Å²) in [7, 11) is 0. The maximum absolute atomic E-state index is 9.44. The number of aryl methyl sites for hydroxylation is 1. The normalized spacial score (nSPS) is 10.2. The van der Waals surface area contributed by atoms with Crippen molar-refractivity contribution in [1.82, 2.24) is 10.2 Å². The number of nitrogens with two attached hydrogens (primary N) is 1. The van der Waals surface area contributed by atoms with E-state index in [2.05, 4.69) is 16.3 Å². The number of nitrogens with zero attached hydrogens (tertiary/aromatic N) is 3. The van der Waals surface area contributed by atoms with Crippen molar-refractivity contribution in [2.75, 3.05) is 5.73 Å². The molecular formula is C15H16N4S. The van der Waals surface area contributed by atoms with Gasteiger partial charge in [-0.2, -0.15) is 10.4 Å². The van der Waals surface area contributed by atoms with E-state index in [1.807, 2.05) is 38.1 Å². The molecule has 0 aliphatic rings. The third-order valence-electron chi connectivity index (χ3n) is 3.05. The molecule has 2 rings (SSSR count). The van der Waals surface area contributed by atoms with E-state index in [1.165, 1.54) is 11.8 Å². The molecule has 0 unspecified atom stereocenters. The Balaban J connectivity index is 2.48. The van der Waals surface area contributed by atoms with Gasteiger partial charge in [-0.05, 0) is 30.5 Å². The largest absolute Gasteiger partial charge is 0.398 e. The summed E-state index contributed by atoms with van der Waals surface area (Å²) >= 11 is 1.39. The number of benzene rings is 1. The summed E-state index contributed by atoms with van der Waals surface area (Å²) in [6.07, 6.45) is 1.56. The second-order valence-electron chi connectivity index (χ2n) is 4.26. The quantitative estimate of drug-likeness (QED) is 0.872. The van der Waals surface area contributed by atoms with Crippen LogP contribution in [0.15, 0.2) is 34.2 Å². The molecule has 102 valence electrons. The minimum absolute atomic E-state index is 0.618. The molecule has 1 aromatic heterocycles. The fourth-order valence-electron chi connectivity index (χ4n) is 2.02. The van der Waals surface area contributed by atoms with Crippen LogP contribution in [0.5, 0.6) is 0 Å². The minimum atomic E-state index is 0.618. The zero-order valence-corrected chi connectivity index (χ0v) is 12.4. The second kappa shape index (κ2) is 6.40. The lowest BCUT2D eigenvalue weighted by Crippen LogP contribution is -2.04. The Hall–Kier alpha value is -2.06. The summed E-state index contributed by atoms with van der Waals surface area (Å²) in [5, 5.41) is 18.5. The summed E-state index contributed by atoms with van der Waals surface area (Å²) in [5.74, 6) is 0. The molecular weight excluding hydrogens is 268 g/mol. The van der Waals surface area contributed by atoms with Gasteiger partial charge < -0.3 is 5.73 Å². The average Bonchev–Trinajstić information content (AvgIpc) is 2.48. The van der Waals surface area contributed by atoms with Gasteiger partial charge in [0.05, 0.1) is 11.3 Å². The molecule has 1 aromatic carbocycles. The van der Waals surface area contributed by atoms with Gasteiger partial charge in [-0.3, -0.25) is 0 Å². The van der Waals surface area contributed by atoms with Crippen LogP contribution in [-0.2, 0) is 12.8 Å². The predicted molar refractivity (Wildman–Crippen MR) is 80.5 cm³/mol. The van der Waals surface area contributed by atoms with Gasteiger partial charge in [-0.1, -0.05) is 37.7 Å². The van der Waals surface area contributed by atoms with Gasteiger partial charge in [-0.15, -0.1) is 5.10 Å². The van der Waals surface area contributed by atoms with Crippen molar-refractivity contribution >= 4 is 17.4 Å². The molecule has 0 saturated carbocycles.